The van der Waals surface area contributed by atoms with Crippen LogP contribution in [0.25, 0.3) is 0 Å². The van der Waals surface area contributed by atoms with Gasteiger partial charge in [-0.2, -0.15) is 0 Å². The molecule has 24 heavy (non-hydrogen) atoms. The molecular formula is C18H20BrNO4. The molecule has 0 aliphatic rings. The normalized spacial score (nSPS) is 10.2. The number of hydrogen-bond acceptors (Lipinski definition) is 4. The van der Waals surface area contributed by atoms with Gasteiger partial charge in [0.05, 0.1) is 31.0 Å². The number of benzene rings is 2. The number of anilines is 1. The van der Waals surface area contributed by atoms with Crippen molar-refractivity contribution in [3.8, 4) is 17.2 Å². The summed E-state index contributed by atoms with van der Waals surface area (Å²) in [5, 5.41) is 2.87. The minimum absolute atomic E-state index is 0.263. The van der Waals surface area contributed by atoms with Crippen LogP contribution >= 0.6 is 15.9 Å². The second-order valence-corrected chi connectivity index (χ2v) is 5.93. The van der Waals surface area contributed by atoms with Crippen LogP contribution in [0.5, 0.6) is 17.2 Å². The van der Waals surface area contributed by atoms with Crippen molar-refractivity contribution < 1.29 is 19.0 Å². The third kappa shape index (κ3) is 4.00. The molecule has 0 heterocycles. The molecule has 2 aromatic rings. The fourth-order valence-corrected chi connectivity index (χ4v) is 2.81. The Morgan fingerprint density at radius 1 is 1.12 bits per heavy atom. The van der Waals surface area contributed by atoms with Crippen LogP contribution in [0, 0.1) is 6.92 Å². The van der Waals surface area contributed by atoms with Crippen LogP contribution in [-0.2, 0) is 0 Å². The number of methoxy groups -OCH3 is 2. The predicted octanol–water partition coefficient (Wildman–Crippen LogP) is 4.43. The summed E-state index contributed by atoms with van der Waals surface area (Å²) in [7, 11) is 3.10. The van der Waals surface area contributed by atoms with Crippen LogP contribution < -0.4 is 19.5 Å². The molecule has 0 saturated carbocycles. The Balaban J connectivity index is 2.34. The highest BCUT2D eigenvalue weighted by Gasteiger charge is 2.16. The summed E-state index contributed by atoms with van der Waals surface area (Å²) < 4.78 is 16.8. The zero-order valence-corrected chi connectivity index (χ0v) is 15.7. The molecule has 2 aromatic carbocycles. The lowest BCUT2D eigenvalue weighted by atomic mass is 10.1. The highest BCUT2D eigenvalue weighted by Crippen LogP contribution is 2.37. The Labute approximate surface area is 150 Å². The largest absolute Gasteiger partial charge is 0.495 e. The molecule has 0 aliphatic heterocycles. The van der Waals surface area contributed by atoms with Gasteiger partial charge in [0.15, 0.2) is 11.5 Å². The lowest BCUT2D eigenvalue weighted by Gasteiger charge is -2.14. The van der Waals surface area contributed by atoms with Gasteiger partial charge in [-0.3, -0.25) is 4.79 Å². The Morgan fingerprint density at radius 3 is 2.46 bits per heavy atom. The standard InChI is InChI=1S/C18H20BrNO4/c1-5-24-17-13(19)9-12(10-16(17)23-4)18(21)20-14-8-11(2)6-7-15(14)22-3/h6-10H,5H2,1-4H3,(H,20,21). The average Bonchev–Trinajstić information content (AvgIpc) is 2.56. The summed E-state index contributed by atoms with van der Waals surface area (Å²) in [5.41, 5.74) is 2.09. The topological polar surface area (TPSA) is 56.8 Å². The van der Waals surface area contributed by atoms with E-state index >= 15 is 0 Å². The summed E-state index contributed by atoms with van der Waals surface area (Å²) in [6.07, 6.45) is 0. The molecular weight excluding hydrogens is 374 g/mol. The molecule has 0 radical (unpaired) electrons. The maximum absolute atomic E-state index is 12.6. The van der Waals surface area contributed by atoms with Crippen LogP contribution in [0.1, 0.15) is 22.8 Å². The van der Waals surface area contributed by atoms with E-state index in [2.05, 4.69) is 21.2 Å². The monoisotopic (exact) mass is 393 g/mol. The van der Waals surface area contributed by atoms with Crippen molar-refractivity contribution in [1.82, 2.24) is 0 Å². The first-order valence-corrected chi connectivity index (χ1v) is 8.25. The van der Waals surface area contributed by atoms with Crippen molar-refractivity contribution in [2.45, 2.75) is 13.8 Å². The third-order valence-corrected chi connectivity index (χ3v) is 3.97. The average molecular weight is 394 g/mol. The highest BCUT2D eigenvalue weighted by molar-refractivity contribution is 9.10. The number of carbonyl (C=O) groups excluding carboxylic acids is 1. The van der Waals surface area contributed by atoms with Gasteiger partial charge < -0.3 is 19.5 Å². The number of rotatable bonds is 6. The number of aryl methyl sites for hydroxylation is 1. The number of ether oxygens (including phenoxy) is 3. The van der Waals surface area contributed by atoms with E-state index in [4.69, 9.17) is 14.2 Å². The van der Waals surface area contributed by atoms with Gasteiger partial charge in [0.25, 0.3) is 5.91 Å². The Bertz CT molecular complexity index is 746. The first kappa shape index (κ1) is 18.1. The maximum atomic E-state index is 12.6. The van der Waals surface area contributed by atoms with Gasteiger partial charge in [-0.25, -0.2) is 0 Å². The number of halogens is 1. The smallest absolute Gasteiger partial charge is 0.255 e. The minimum Gasteiger partial charge on any atom is -0.495 e. The van der Waals surface area contributed by atoms with Gasteiger partial charge >= 0.3 is 0 Å². The summed E-state index contributed by atoms with van der Waals surface area (Å²) in [4.78, 5) is 12.6. The molecule has 2 rings (SSSR count). The summed E-state index contributed by atoms with van der Waals surface area (Å²) in [5.74, 6) is 1.41. The van der Waals surface area contributed by atoms with E-state index < -0.39 is 0 Å². The van der Waals surface area contributed by atoms with E-state index in [9.17, 15) is 4.79 Å². The molecule has 5 nitrogen and oxygen atoms in total. The van der Waals surface area contributed by atoms with Gasteiger partial charge in [0.2, 0.25) is 0 Å². The van der Waals surface area contributed by atoms with Crippen molar-refractivity contribution in [1.29, 1.82) is 0 Å². The predicted molar refractivity (Wildman–Crippen MR) is 97.5 cm³/mol. The van der Waals surface area contributed by atoms with Gasteiger partial charge in [-0.15, -0.1) is 0 Å². The van der Waals surface area contributed by atoms with E-state index in [0.717, 1.165) is 5.56 Å². The Hall–Kier alpha value is -2.21. The van der Waals surface area contributed by atoms with Crippen molar-refractivity contribution in [2.75, 3.05) is 26.1 Å². The number of carbonyl (C=O) groups is 1. The summed E-state index contributed by atoms with van der Waals surface area (Å²) in [6.45, 7) is 4.34. The van der Waals surface area contributed by atoms with Gasteiger partial charge in [-0.05, 0) is 59.6 Å². The zero-order valence-electron chi connectivity index (χ0n) is 14.1. The summed E-state index contributed by atoms with van der Waals surface area (Å²) in [6, 6.07) is 8.95. The number of amides is 1. The van der Waals surface area contributed by atoms with E-state index in [1.54, 1.807) is 19.2 Å². The number of nitrogens with one attached hydrogen (secondary N) is 1. The molecule has 1 N–H and O–H groups in total. The molecule has 128 valence electrons. The van der Waals surface area contributed by atoms with E-state index in [0.29, 0.717) is 39.6 Å². The van der Waals surface area contributed by atoms with Crippen LogP contribution in [0.2, 0.25) is 0 Å². The van der Waals surface area contributed by atoms with Gasteiger partial charge in [0, 0.05) is 5.56 Å². The van der Waals surface area contributed by atoms with Gasteiger partial charge in [-0.1, -0.05) is 6.07 Å². The van der Waals surface area contributed by atoms with Crippen molar-refractivity contribution in [3.05, 3.63) is 45.9 Å². The summed E-state index contributed by atoms with van der Waals surface area (Å²) >= 11 is 3.42. The van der Waals surface area contributed by atoms with Crippen LogP contribution in [-0.4, -0.2) is 26.7 Å². The second-order valence-electron chi connectivity index (χ2n) is 5.08. The molecule has 0 aromatic heterocycles. The quantitative estimate of drug-likeness (QED) is 0.788. The molecule has 0 fully saturated rings. The van der Waals surface area contributed by atoms with Crippen molar-refractivity contribution in [3.63, 3.8) is 0 Å². The van der Waals surface area contributed by atoms with Crippen molar-refractivity contribution in [2.24, 2.45) is 0 Å². The SMILES string of the molecule is CCOc1c(Br)cc(C(=O)Nc2cc(C)ccc2OC)cc1OC. The molecule has 0 bridgehead atoms. The first-order chi connectivity index (χ1) is 11.5. The lowest BCUT2D eigenvalue weighted by Crippen LogP contribution is -2.13. The lowest BCUT2D eigenvalue weighted by molar-refractivity contribution is 0.102. The molecule has 0 saturated heterocycles. The highest BCUT2D eigenvalue weighted by atomic mass is 79.9. The number of hydrogen-bond donors (Lipinski definition) is 1. The molecule has 1 amide bonds. The molecule has 6 heteroatoms. The second kappa shape index (κ2) is 8.06. The molecule has 0 spiro atoms. The molecule has 0 unspecified atom stereocenters. The minimum atomic E-state index is -0.263. The van der Waals surface area contributed by atoms with Crippen LogP contribution in [0.3, 0.4) is 0 Å². The molecule has 0 atom stereocenters. The zero-order chi connectivity index (χ0) is 17.7. The van der Waals surface area contributed by atoms with Gasteiger partial charge in [0.1, 0.15) is 5.75 Å². The fraction of sp³-hybridized carbons (Fsp3) is 0.278. The van der Waals surface area contributed by atoms with Crippen LogP contribution in [0.4, 0.5) is 5.69 Å². The first-order valence-electron chi connectivity index (χ1n) is 7.46. The molecule has 0 aliphatic carbocycles. The maximum Gasteiger partial charge on any atom is 0.255 e. The Kier molecular flexibility index (Phi) is 6.09. The van der Waals surface area contributed by atoms with Crippen molar-refractivity contribution >= 4 is 27.5 Å². The van der Waals surface area contributed by atoms with Crippen LogP contribution in [0.15, 0.2) is 34.8 Å². The fourth-order valence-electron chi connectivity index (χ4n) is 2.25. The van der Waals surface area contributed by atoms with E-state index in [-0.39, 0.29) is 5.91 Å². The third-order valence-electron chi connectivity index (χ3n) is 3.38. The van der Waals surface area contributed by atoms with E-state index in [1.807, 2.05) is 32.0 Å². The Morgan fingerprint density at radius 2 is 1.83 bits per heavy atom. The van der Waals surface area contributed by atoms with E-state index in [1.165, 1.54) is 7.11 Å².